The molecule has 1 aliphatic heterocycles. The molecule has 3 aromatic rings. The summed E-state index contributed by atoms with van der Waals surface area (Å²) < 4.78 is 1.53. The molecule has 1 atom stereocenters. The smallest absolute Gasteiger partial charge is 0.324 e. The average molecular weight is 441 g/mol. The van der Waals surface area contributed by atoms with E-state index in [0.29, 0.717) is 28.5 Å². The molecule has 154 valence electrons. The molecule has 30 heavy (non-hydrogen) atoms. The summed E-state index contributed by atoms with van der Waals surface area (Å²) in [4.78, 5) is 44.4. The van der Waals surface area contributed by atoms with Crippen molar-refractivity contribution in [2.24, 2.45) is 0 Å². The second kappa shape index (κ2) is 8.45. The van der Waals surface area contributed by atoms with Gasteiger partial charge in [-0.2, -0.15) is 0 Å². The van der Waals surface area contributed by atoms with Crippen molar-refractivity contribution in [2.75, 3.05) is 13.1 Å². The first-order chi connectivity index (χ1) is 14.5. The number of allylic oxidation sites excluding steroid dienone is 1. The minimum atomic E-state index is -0.567. The van der Waals surface area contributed by atoms with Gasteiger partial charge in [0.1, 0.15) is 4.83 Å². The van der Waals surface area contributed by atoms with E-state index in [2.05, 4.69) is 11.9 Å². The zero-order valence-corrected chi connectivity index (χ0v) is 18.0. The van der Waals surface area contributed by atoms with Crippen molar-refractivity contribution in [3.8, 4) is 11.1 Å². The van der Waals surface area contributed by atoms with E-state index in [4.69, 9.17) is 4.98 Å². The summed E-state index contributed by atoms with van der Waals surface area (Å²) in [5.41, 5.74) is 1.64. The van der Waals surface area contributed by atoms with Crippen LogP contribution in [0.2, 0.25) is 0 Å². The number of urea groups is 1. The molecule has 1 aromatic carbocycles. The van der Waals surface area contributed by atoms with Gasteiger partial charge in [-0.25, -0.2) is 9.78 Å². The molecule has 1 fully saturated rings. The number of fused-ring (bicyclic) bond motifs is 1. The predicted molar refractivity (Wildman–Crippen MR) is 120 cm³/mol. The standard InChI is InChI=1S/C21H20N4O3S2/c1-3-10-25-19(27)16-15(14-7-5-4-6-8-14)12-29-17(16)23-21(25)30-13(2)18(26)24-11-9-22-20(24)28/h3-8,12-13H,1,9-11H2,2H3,(H,22,28). The van der Waals surface area contributed by atoms with E-state index in [1.54, 1.807) is 13.0 Å². The zero-order chi connectivity index (χ0) is 21.3. The molecule has 0 radical (unpaired) electrons. The first kappa shape index (κ1) is 20.4. The quantitative estimate of drug-likeness (QED) is 0.361. The van der Waals surface area contributed by atoms with Gasteiger partial charge in [-0.15, -0.1) is 17.9 Å². The van der Waals surface area contributed by atoms with Gasteiger partial charge in [-0.1, -0.05) is 48.2 Å². The Labute approximate surface area is 181 Å². The third-order valence-corrected chi connectivity index (χ3v) is 6.76. The number of thiophene rings is 1. The summed E-state index contributed by atoms with van der Waals surface area (Å²) in [7, 11) is 0. The average Bonchev–Trinajstić information content (AvgIpc) is 3.37. The van der Waals surface area contributed by atoms with Crippen LogP contribution in [0.4, 0.5) is 4.79 Å². The fourth-order valence-corrected chi connectivity index (χ4v) is 5.29. The van der Waals surface area contributed by atoms with Crippen molar-refractivity contribution >= 4 is 45.3 Å². The second-order valence-corrected chi connectivity index (χ2v) is 8.94. The molecule has 1 N–H and O–H groups in total. The third kappa shape index (κ3) is 3.66. The number of benzene rings is 1. The Morgan fingerprint density at radius 2 is 2.13 bits per heavy atom. The van der Waals surface area contributed by atoms with E-state index < -0.39 is 5.25 Å². The number of carbonyl (C=O) groups excluding carboxylic acids is 2. The van der Waals surface area contributed by atoms with Gasteiger partial charge in [0, 0.05) is 30.6 Å². The SMILES string of the molecule is C=CCn1c(SC(C)C(=O)N2CCNC2=O)nc2scc(-c3ccccc3)c2c1=O. The Hall–Kier alpha value is -2.91. The van der Waals surface area contributed by atoms with Gasteiger partial charge >= 0.3 is 6.03 Å². The zero-order valence-electron chi connectivity index (χ0n) is 16.3. The first-order valence-corrected chi connectivity index (χ1v) is 11.2. The molecule has 9 heteroatoms. The first-order valence-electron chi connectivity index (χ1n) is 9.45. The molecule has 0 aliphatic carbocycles. The van der Waals surface area contributed by atoms with Crippen LogP contribution in [-0.2, 0) is 11.3 Å². The molecule has 0 bridgehead atoms. The highest BCUT2D eigenvalue weighted by Gasteiger charge is 2.31. The van der Waals surface area contributed by atoms with Gasteiger partial charge in [0.05, 0.1) is 10.6 Å². The Kier molecular flexibility index (Phi) is 5.74. The lowest BCUT2D eigenvalue weighted by Gasteiger charge is -2.18. The molecule has 2 aromatic heterocycles. The molecular weight excluding hydrogens is 420 g/mol. The summed E-state index contributed by atoms with van der Waals surface area (Å²) in [6.07, 6.45) is 1.63. The van der Waals surface area contributed by atoms with E-state index in [0.717, 1.165) is 11.1 Å². The maximum atomic E-state index is 13.4. The fraction of sp³-hybridized carbons (Fsp3) is 0.238. The second-order valence-electron chi connectivity index (χ2n) is 6.78. The van der Waals surface area contributed by atoms with Crippen molar-refractivity contribution < 1.29 is 9.59 Å². The number of nitrogens with one attached hydrogen (secondary N) is 1. The topological polar surface area (TPSA) is 84.3 Å². The summed E-state index contributed by atoms with van der Waals surface area (Å²) >= 11 is 2.58. The number of aromatic nitrogens is 2. The molecule has 0 spiro atoms. The molecule has 7 nitrogen and oxygen atoms in total. The maximum absolute atomic E-state index is 13.4. The van der Waals surface area contributed by atoms with E-state index in [-0.39, 0.29) is 24.0 Å². The third-order valence-electron chi connectivity index (χ3n) is 4.81. The molecule has 1 aliphatic rings. The van der Waals surface area contributed by atoms with Crippen LogP contribution in [0.3, 0.4) is 0 Å². The summed E-state index contributed by atoms with van der Waals surface area (Å²) in [5.74, 6) is -0.300. The van der Waals surface area contributed by atoms with Crippen molar-refractivity contribution in [2.45, 2.75) is 23.9 Å². The van der Waals surface area contributed by atoms with Crippen molar-refractivity contribution in [1.29, 1.82) is 0 Å². The number of hydrogen-bond donors (Lipinski definition) is 1. The Balaban J connectivity index is 1.74. The number of nitrogens with zero attached hydrogens (tertiary/aromatic N) is 3. The monoisotopic (exact) mass is 440 g/mol. The van der Waals surface area contributed by atoms with Crippen molar-refractivity contribution in [1.82, 2.24) is 19.8 Å². The van der Waals surface area contributed by atoms with Crippen LogP contribution in [0.5, 0.6) is 0 Å². The number of rotatable bonds is 6. The largest absolute Gasteiger partial charge is 0.336 e. The van der Waals surface area contributed by atoms with E-state index in [1.165, 1.54) is 32.6 Å². The van der Waals surface area contributed by atoms with Crippen LogP contribution >= 0.6 is 23.1 Å². The number of thioether (sulfide) groups is 1. The molecule has 3 amide bonds. The molecular formula is C21H20N4O3S2. The highest BCUT2D eigenvalue weighted by Crippen LogP contribution is 2.33. The van der Waals surface area contributed by atoms with Crippen LogP contribution in [0.25, 0.3) is 21.3 Å². The highest BCUT2D eigenvalue weighted by molar-refractivity contribution is 8.00. The number of imide groups is 1. The summed E-state index contributed by atoms with van der Waals surface area (Å²) in [5, 5.41) is 5.00. The van der Waals surface area contributed by atoms with Crippen LogP contribution in [0.1, 0.15) is 6.92 Å². The number of carbonyl (C=O) groups is 2. The summed E-state index contributed by atoms with van der Waals surface area (Å²) in [6.45, 7) is 6.54. The van der Waals surface area contributed by atoms with Gasteiger partial charge < -0.3 is 5.32 Å². The molecule has 4 rings (SSSR count). The minimum Gasteiger partial charge on any atom is -0.336 e. The Bertz CT molecular complexity index is 1190. The lowest BCUT2D eigenvalue weighted by Crippen LogP contribution is -2.39. The molecule has 1 saturated heterocycles. The minimum absolute atomic E-state index is 0.166. The lowest BCUT2D eigenvalue weighted by molar-refractivity contribution is -0.126. The van der Waals surface area contributed by atoms with Crippen LogP contribution in [-0.4, -0.2) is 44.7 Å². The van der Waals surface area contributed by atoms with E-state index >= 15 is 0 Å². The Morgan fingerprint density at radius 3 is 2.80 bits per heavy atom. The van der Waals surface area contributed by atoms with E-state index in [1.807, 2.05) is 35.7 Å². The van der Waals surface area contributed by atoms with Gasteiger partial charge in [-0.3, -0.25) is 19.1 Å². The van der Waals surface area contributed by atoms with Crippen LogP contribution < -0.4 is 10.9 Å². The molecule has 3 heterocycles. The van der Waals surface area contributed by atoms with Gasteiger partial charge in [0.25, 0.3) is 5.56 Å². The highest BCUT2D eigenvalue weighted by atomic mass is 32.2. The van der Waals surface area contributed by atoms with Gasteiger partial charge in [0.2, 0.25) is 5.91 Å². The van der Waals surface area contributed by atoms with Crippen LogP contribution in [0.15, 0.2) is 58.3 Å². The maximum Gasteiger partial charge on any atom is 0.324 e. The van der Waals surface area contributed by atoms with Gasteiger partial charge in [0.15, 0.2) is 5.16 Å². The fourth-order valence-electron chi connectivity index (χ4n) is 3.33. The van der Waals surface area contributed by atoms with E-state index in [9.17, 15) is 14.4 Å². The normalized spacial score (nSPS) is 14.7. The number of hydrogen-bond acceptors (Lipinski definition) is 6. The van der Waals surface area contributed by atoms with Crippen molar-refractivity contribution in [3.05, 3.63) is 58.7 Å². The Morgan fingerprint density at radius 1 is 1.37 bits per heavy atom. The predicted octanol–water partition coefficient (Wildman–Crippen LogP) is 3.34. The van der Waals surface area contributed by atoms with Gasteiger partial charge in [-0.05, 0) is 12.5 Å². The number of amides is 3. The van der Waals surface area contributed by atoms with Crippen LogP contribution in [0, 0.1) is 0 Å². The molecule has 0 saturated carbocycles. The summed E-state index contributed by atoms with van der Waals surface area (Å²) in [6, 6.07) is 9.33. The molecule has 1 unspecified atom stereocenters. The van der Waals surface area contributed by atoms with Crippen molar-refractivity contribution in [3.63, 3.8) is 0 Å². The lowest BCUT2D eigenvalue weighted by atomic mass is 10.1.